The van der Waals surface area contributed by atoms with E-state index in [0.717, 1.165) is 31.2 Å². The second-order valence-electron chi connectivity index (χ2n) is 7.05. The lowest BCUT2D eigenvalue weighted by atomic mass is 10.0. The van der Waals surface area contributed by atoms with Gasteiger partial charge in [0.1, 0.15) is 6.61 Å². The van der Waals surface area contributed by atoms with Crippen LogP contribution in [0.3, 0.4) is 0 Å². The van der Waals surface area contributed by atoms with Crippen molar-refractivity contribution in [2.75, 3.05) is 6.61 Å². The van der Waals surface area contributed by atoms with E-state index >= 15 is 0 Å². The number of hydrogen-bond donors (Lipinski definition) is 2. The van der Waals surface area contributed by atoms with E-state index < -0.39 is 5.60 Å². The average molecular weight is 295 g/mol. The summed E-state index contributed by atoms with van der Waals surface area (Å²) in [5, 5.41) is 13.7. The van der Waals surface area contributed by atoms with Crippen LogP contribution in [0, 0.1) is 5.82 Å². The SMILES string of the molecule is CC(C)(C)NCc1cccc(F)c1OCC1(O)CCCC1. The third kappa shape index (κ3) is 4.68. The van der Waals surface area contributed by atoms with E-state index in [-0.39, 0.29) is 23.7 Å². The zero-order valence-electron chi connectivity index (χ0n) is 13.2. The number of hydrogen-bond acceptors (Lipinski definition) is 3. The molecule has 0 atom stereocenters. The molecule has 0 heterocycles. The van der Waals surface area contributed by atoms with Crippen molar-refractivity contribution in [1.29, 1.82) is 0 Å². The molecule has 1 saturated carbocycles. The highest BCUT2D eigenvalue weighted by Crippen LogP contribution is 2.31. The Morgan fingerprint density at radius 1 is 1.29 bits per heavy atom. The Morgan fingerprint density at radius 3 is 2.57 bits per heavy atom. The van der Waals surface area contributed by atoms with Gasteiger partial charge in [-0.2, -0.15) is 0 Å². The summed E-state index contributed by atoms with van der Waals surface area (Å²) < 4.78 is 19.7. The van der Waals surface area contributed by atoms with Crippen LogP contribution in [0.2, 0.25) is 0 Å². The molecule has 4 heteroatoms. The Kier molecular flexibility index (Phi) is 4.89. The molecule has 2 rings (SSSR count). The van der Waals surface area contributed by atoms with Crippen LogP contribution in [0.15, 0.2) is 18.2 Å². The lowest BCUT2D eigenvalue weighted by Gasteiger charge is -2.25. The van der Waals surface area contributed by atoms with E-state index in [2.05, 4.69) is 26.1 Å². The molecule has 21 heavy (non-hydrogen) atoms. The topological polar surface area (TPSA) is 41.5 Å². The summed E-state index contributed by atoms with van der Waals surface area (Å²) in [4.78, 5) is 0. The minimum absolute atomic E-state index is 0.0484. The molecule has 0 aromatic heterocycles. The van der Waals surface area contributed by atoms with Gasteiger partial charge in [-0.15, -0.1) is 0 Å². The van der Waals surface area contributed by atoms with Gasteiger partial charge in [0.25, 0.3) is 0 Å². The van der Waals surface area contributed by atoms with Crippen molar-refractivity contribution in [3.63, 3.8) is 0 Å². The molecule has 1 aliphatic rings. The van der Waals surface area contributed by atoms with Crippen molar-refractivity contribution in [3.05, 3.63) is 29.6 Å². The van der Waals surface area contributed by atoms with Crippen LogP contribution in [-0.4, -0.2) is 22.9 Å². The summed E-state index contributed by atoms with van der Waals surface area (Å²) in [6.45, 7) is 6.89. The molecule has 2 N–H and O–H groups in total. The highest BCUT2D eigenvalue weighted by molar-refractivity contribution is 5.35. The van der Waals surface area contributed by atoms with Crippen LogP contribution in [0.25, 0.3) is 0 Å². The van der Waals surface area contributed by atoms with Gasteiger partial charge in [-0.05, 0) is 39.7 Å². The normalized spacial score (nSPS) is 18.0. The summed E-state index contributed by atoms with van der Waals surface area (Å²) in [6.07, 6.45) is 3.49. The van der Waals surface area contributed by atoms with E-state index in [4.69, 9.17) is 4.74 Å². The maximum absolute atomic E-state index is 14.0. The highest BCUT2D eigenvalue weighted by Gasteiger charge is 2.32. The number of aliphatic hydroxyl groups is 1. The predicted octanol–water partition coefficient (Wildman–Crippen LogP) is 3.40. The fourth-order valence-corrected chi connectivity index (χ4v) is 2.60. The number of para-hydroxylation sites is 1. The number of rotatable bonds is 5. The molecule has 0 aliphatic heterocycles. The van der Waals surface area contributed by atoms with Crippen LogP contribution in [0.4, 0.5) is 4.39 Å². The van der Waals surface area contributed by atoms with Gasteiger partial charge in [0.05, 0.1) is 5.60 Å². The van der Waals surface area contributed by atoms with Gasteiger partial charge in [0.15, 0.2) is 11.6 Å². The molecule has 0 saturated heterocycles. The molecule has 0 unspecified atom stereocenters. The van der Waals surface area contributed by atoms with Gasteiger partial charge in [0, 0.05) is 17.6 Å². The quantitative estimate of drug-likeness (QED) is 0.875. The van der Waals surface area contributed by atoms with Gasteiger partial charge in [0.2, 0.25) is 0 Å². The Morgan fingerprint density at radius 2 is 1.95 bits per heavy atom. The molecule has 1 aromatic rings. The largest absolute Gasteiger partial charge is 0.487 e. The summed E-state index contributed by atoms with van der Waals surface area (Å²) in [7, 11) is 0. The van der Waals surface area contributed by atoms with Crippen LogP contribution in [-0.2, 0) is 6.54 Å². The standard InChI is InChI=1S/C17H26FNO2/c1-16(2,3)19-11-13-7-6-8-14(18)15(13)21-12-17(20)9-4-5-10-17/h6-8,19-20H,4-5,9-12H2,1-3H3. The second-order valence-corrected chi connectivity index (χ2v) is 7.05. The Labute approximate surface area is 126 Å². The molecule has 1 fully saturated rings. The fourth-order valence-electron chi connectivity index (χ4n) is 2.60. The first kappa shape index (κ1) is 16.2. The molecule has 118 valence electrons. The first-order valence-corrected chi connectivity index (χ1v) is 7.67. The van der Waals surface area contributed by atoms with E-state index in [1.165, 1.54) is 6.07 Å². The van der Waals surface area contributed by atoms with Crippen LogP contribution in [0.1, 0.15) is 52.0 Å². The van der Waals surface area contributed by atoms with Crippen LogP contribution < -0.4 is 10.1 Å². The lowest BCUT2D eigenvalue weighted by Crippen LogP contribution is -2.35. The van der Waals surface area contributed by atoms with Gasteiger partial charge in [-0.25, -0.2) is 4.39 Å². The van der Waals surface area contributed by atoms with Gasteiger partial charge < -0.3 is 15.2 Å². The number of nitrogens with one attached hydrogen (secondary N) is 1. The smallest absolute Gasteiger partial charge is 0.165 e. The summed E-state index contributed by atoms with van der Waals surface area (Å²) in [5.74, 6) is -0.112. The molecule has 0 amide bonds. The first-order chi connectivity index (χ1) is 9.79. The Bertz CT molecular complexity index is 476. The molecule has 1 aliphatic carbocycles. The molecule has 3 nitrogen and oxygen atoms in total. The zero-order chi connectivity index (χ0) is 15.5. The summed E-state index contributed by atoms with van der Waals surface area (Å²) in [6, 6.07) is 4.94. The van der Waals surface area contributed by atoms with Crippen molar-refractivity contribution >= 4 is 0 Å². The molecule has 0 bridgehead atoms. The summed E-state index contributed by atoms with van der Waals surface area (Å²) >= 11 is 0. The van der Waals surface area contributed by atoms with Crippen molar-refractivity contribution in [2.24, 2.45) is 0 Å². The monoisotopic (exact) mass is 295 g/mol. The minimum atomic E-state index is -0.795. The fraction of sp³-hybridized carbons (Fsp3) is 0.647. The van der Waals surface area contributed by atoms with Crippen LogP contribution in [0.5, 0.6) is 5.75 Å². The minimum Gasteiger partial charge on any atom is -0.487 e. The van der Waals surface area contributed by atoms with Gasteiger partial charge in [-0.1, -0.05) is 25.0 Å². The second kappa shape index (κ2) is 6.32. The van der Waals surface area contributed by atoms with Crippen LogP contribution >= 0.6 is 0 Å². The third-order valence-corrected chi connectivity index (χ3v) is 3.88. The maximum atomic E-state index is 14.0. The Hall–Kier alpha value is -1.13. The molecular formula is C17H26FNO2. The van der Waals surface area contributed by atoms with Gasteiger partial charge in [-0.3, -0.25) is 0 Å². The maximum Gasteiger partial charge on any atom is 0.165 e. The first-order valence-electron chi connectivity index (χ1n) is 7.67. The molecular weight excluding hydrogens is 269 g/mol. The van der Waals surface area contributed by atoms with Crippen molar-refractivity contribution in [2.45, 2.75) is 64.1 Å². The van der Waals surface area contributed by atoms with Crippen molar-refractivity contribution in [3.8, 4) is 5.75 Å². The average Bonchev–Trinajstić information content (AvgIpc) is 2.81. The van der Waals surface area contributed by atoms with E-state index in [9.17, 15) is 9.50 Å². The number of halogens is 1. The molecule has 0 spiro atoms. The third-order valence-electron chi connectivity index (χ3n) is 3.88. The van der Waals surface area contributed by atoms with Gasteiger partial charge >= 0.3 is 0 Å². The van der Waals surface area contributed by atoms with Crippen molar-refractivity contribution < 1.29 is 14.2 Å². The molecule has 1 aromatic carbocycles. The predicted molar refractivity (Wildman–Crippen MR) is 81.9 cm³/mol. The van der Waals surface area contributed by atoms with E-state index in [1.807, 2.05) is 6.07 Å². The number of ether oxygens (including phenoxy) is 1. The molecule has 0 radical (unpaired) electrons. The summed E-state index contributed by atoms with van der Waals surface area (Å²) in [5.41, 5.74) is -0.0592. The van der Waals surface area contributed by atoms with Crippen molar-refractivity contribution in [1.82, 2.24) is 5.32 Å². The Balaban J connectivity index is 2.06. The van der Waals surface area contributed by atoms with E-state index in [0.29, 0.717) is 6.54 Å². The lowest BCUT2D eigenvalue weighted by molar-refractivity contribution is -0.0000163. The highest BCUT2D eigenvalue weighted by atomic mass is 19.1. The number of benzene rings is 1. The zero-order valence-corrected chi connectivity index (χ0v) is 13.2. The van der Waals surface area contributed by atoms with E-state index in [1.54, 1.807) is 6.07 Å².